The third kappa shape index (κ3) is 6.22. The molecule has 0 fully saturated rings. The lowest BCUT2D eigenvalue weighted by Gasteiger charge is -2.12. The summed E-state index contributed by atoms with van der Waals surface area (Å²) in [7, 11) is 1.53. The molecular formula is C19H25N5O5S. The molecule has 0 radical (unpaired) electrons. The number of hydrogen-bond donors (Lipinski definition) is 3. The Morgan fingerprint density at radius 2 is 2.00 bits per heavy atom. The lowest BCUT2D eigenvalue weighted by atomic mass is 10.2. The van der Waals surface area contributed by atoms with E-state index in [1.54, 1.807) is 26.0 Å². The zero-order valence-electron chi connectivity index (χ0n) is 17.3. The molecule has 3 amide bonds. The van der Waals surface area contributed by atoms with Gasteiger partial charge < -0.3 is 20.1 Å². The Balaban J connectivity index is 2.28. The molecule has 0 aromatic carbocycles. The van der Waals surface area contributed by atoms with Crippen molar-refractivity contribution in [3.8, 4) is 10.6 Å². The van der Waals surface area contributed by atoms with Crippen molar-refractivity contribution in [1.82, 2.24) is 20.6 Å². The largest absolute Gasteiger partial charge is 0.462 e. The van der Waals surface area contributed by atoms with Gasteiger partial charge in [0.15, 0.2) is 5.69 Å². The van der Waals surface area contributed by atoms with Crippen LogP contribution in [0.4, 0.5) is 10.6 Å². The van der Waals surface area contributed by atoms with Gasteiger partial charge in [-0.2, -0.15) is 0 Å². The molecule has 162 valence electrons. The summed E-state index contributed by atoms with van der Waals surface area (Å²) in [6, 6.07) is 2.68. The molecule has 0 bridgehead atoms. The summed E-state index contributed by atoms with van der Waals surface area (Å²) in [6.45, 7) is 6.26. The molecule has 2 aromatic rings. The molecule has 11 heteroatoms. The topological polar surface area (TPSA) is 132 Å². The van der Waals surface area contributed by atoms with Gasteiger partial charge in [0, 0.05) is 31.5 Å². The number of carbonyl (C=O) groups excluding carboxylic acids is 3. The Kier molecular flexibility index (Phi) is 8.69. The molecule has 2 heterocycles. The van der Waals surface area contributed by atoms with Crippen molar-refractivity contribution < 1.29 is 23.9 Å². The third-order valence-corrected chi connectivity index (χ3v) is 4.77. The van der Waals surface area contributed by atoms with Gasteiger partial charge in [0.1, 0.15) is 15.7 Å². The van der Waals surface area contributed by atoms with Gasteiger partial charge in [0.2, 0.25) is 0 Å². The lowest BCUT2D eigenvalue weighted by molar-refractivity contribution is 0.0527. The number of ether oxygens (including phenoxy) is 2. The van der Waals surface area contributed by atoms with Crippen molar-refractivity contribution in [3.05, 3.63) is 28.9 Å². The van der Waals surface area contributed by atoms with Crippen LogP contribution >= 0.6 is 11.3 Å². The zero-order chi connectivity index (χ0) is 22.1. The maximum absolute atomic E-state index is 12.6. The minimum atomic E-state index is -0.617. The molecule has 0 saturated heterocycles. The number of nitrogens with zero attached hydrogens (tertiary/aromatic N) is 2. The molecular weight excluding hydrogens is 410 g/mol. The molecule has 2 rings (SSSR count). The maximum atomic E-state index is 12.6. The van der Waals surface area contributed by atoms with Gasteiger partial charge in [-0.25, -0.2) is 19.6 Å². The van der Waals surface area contributed by atoms with Crippen LogP contribution in [-0.4, -0.2) is 60.8 Å². The highest BCUT2D eigenvalue weighted by atomic mass is 32.1. The van der Waals surface area contributed by atoms with E-state index in [2.05, 4.69) is 25.9 Å². The molecule has 0 saturated carbocycles. The summed E-state index contributed by atoms with van der Waals surface area (Å²) in [5.41, 5.74) is 0.580. The van der Waals surface area contributed by atoms with Crippen molar-refractivity contribution in [3.63, 3.8) is 0 Å². The van der Waals surface area contributed by atoms with E-state index in [0.29, 0.717) is 29.5 Å². The van der Waals surface area contributed by atoms with Gasteiger partial charge in [-0.3, -0.25) is 10.1 Å². The van der Waals surface area contributed by atoms with Gasteiger partial charge in [0.25, 0.3) is 5.91 Å². The van der Waals surface area contributed by atoms with E-state index in [9.17, 15) is 14.4 Å². The molecule has 0 spiro atoms. The summed E-state index contributed by atoms with van der Waals surface area (Å²) >= 11 is 1.04. The number of anilines is 1. The minimum absolute atomic E-state index is 0.0130. The summed E-state index contributed by atoms with van der Waals surface area (Å²) in [5.74, 6) is -0.751. The van der Waals surface area contributed by atoms with Crippen molar-refractivity contribution in [2.24, 2.45) is 0 Å². The van der Waals surface area contributed by atoms with E-state index in [-0.39, 0.29) is 29.3 Å². The van der Waals surface area contributed by atoms with Crippen LogP contribution in [0.15, 0.2) is 18.3 Å². The van der Waals surface area contributed by atoms with Gasteiger partial charge in [0.05, 0.1) is 13.2 Å². The van der Waals surface area contributed by atoms with Gasteiger partial charge in [-0.1, -0.05) is 0 Å². The van der Waals surface area contributed by atoms with E-state index in [1.807, 2.05) is 6.92 Å². The molecule has 0 unspecified atom stereocenters. The molecule has 0 aliphatic heterocycles. The number of methoxy groups -OCH3 is 1. The molecule has 10 nitrogen and oxygen atoms in total. The lowest BCUT2D eigenvalue weighted by Crippen LogP contribution is -2.36. The second-order valence-corrected chi connectivity index (χ2v) is 7.16. The van der Waals surface area contributed by atoms with Crippen LogP contribution in [0.3, 0.4) is 0 Å². The van der Waals surface area contributed by atoms with Crippen LogP contribution in [0.5, 0.6) is 0 Å². The fourth-order valence-corrected chi connectivity index (χ4v) is 3.38. The first-order chi connectivity index (χ1) is 14.4. The van der Waals surface area contributed by atoms with Crippen molar-refractivity contribution in [1.29, 1.82) is 0 Å². The quantitative estimate of drug-likeness (QED) is 0.515. The number of hydrogen-bond acceptors (Lipinski definition) is 8. The fourth-order valence-electron chi connectivity index (χ4n) is 2.43. The Labute approximate surface area is 178 Å². The molecule has 1 atom stereocenters. The monoisotopic (exact) mass is 435 g/mol. The van der Waals surface area contributed by atoms with Crippen LogP contribution in [0, 0.1) is 0 Å². The summed E-state index contributed by atoms with van der Waals surface area (Å²) in [6.07, 6.45) is 1.50. The first kappa shape index (κ1) is 23.2. The Hall–Kier alpha value is -3.05. The molecule has 2 aromatic heterocycles. The minimum Gasteiger partial charge on any atom is -0.462 e. The molecule has 0 aliphatic carbocycles. The number of urea groups is 1. The number of nitrogens with one attached hydrogen (secondary N) is 3. The number of pyridine rings is 1. The smallest absolute Gasteiger partial charge is 0.350 e. The highest BCUT2D eigenvalue weighted by Crippen LogP contribution is 2.29. The number of esters is 1. The predicted molar refractivity (Wildman–Crippen MR) is 113 cm³/mol. The normalized spacial score (nSPS) is 11.5. The Morgan fingerprint density at radius 3 is 2.60 bits per heavy atom. The first-order valence-corrected chi connectivity index (χ1v) is 10.2. The summed E-state index contributed by atoms with van der Waals surface area (Å²) in [5, 5.41) is 8.38. The fraction of sp³-hybridized carbons (Fsp3) is 0.421. The third-order valence-electron chi connectivity index (χ3n) is 3.69. The number of thiazole rings is 1. The predicted octanol–water partition coefficient (Wildman–Crippen LogP) is 2.29. The van der Waals surface area contributed by atoms with Gasteiger partial charge >= 0.3 is 12.0 Å². The van der Waals surface area contributed by atoms with E-state index in [0.717, 1.165) is 11.3 Å². The highest BCUT2D eigenvalue weighted by Gasteiger charge is 2.26. The number of aromatic nitrogens is 2. The number of amides is 3. The van der Waals surface area contributed by atoms with E-state index >= 15 is 0 Å². The SMILES string of the molecule is CCNC(=O)Nc1ccc(-c2nc(C(=O)N[C@H](C)COC)c(C(=O)OCC)s2)cn1. The molecule has 30 heavy (non-hydrogen) atoms. The van der Waals surface area contributed by atoms with Crippen molar-refractivity contribution >= 4 is 35.1 Å². The standard InChI is InChI=1S/C19H25N5O5S/c1-5-20-19(27)23-13-8-7-12(9-21-13)17-24-14(15(30-17)18(26)29-6-2)16(25)22-11(3)10-28-4/h7-9,11H,5-6,10H2,1-4H3,(H,22,25)(H2,20,21,23,27)/t11-/m1/s1. The van der Waals surface area contributed by atoms with Crippen LogP contribution in [0.2, 0.25) is 0 Å². The van der Waals surface area contributed by atoms with Crippen LogP contribution in [0.1, 0.15) is 40.9 Å². The Bertz CT molecular complexity index is 884. The zero-order valence-corrected chi connectivity index (χ0v) is 18.1. The summed E-state index contributed by atoms with van der Waals surface area (Å²) in [4.78, 5) is 45.2. The van der Waals surface area contributed by atoms with Crippen LogP contribution in [-0.2, 0) is 9.47 Å². The van der Waals surface area contributed by atoms with Crippen molar-refractivity contribution in [2.45, 2.75) is 26.8 Å². The van der Waals surface area contributed by atoms with Gasteiger partial charge in [-0.05, 0) is 32.9 Å². The first-order valence-electron chi connectivity index (χ1n) is 9.38. The van der Waals surface area contributed by atoms with Crippen LogP contribution in [0.25, 0.3) is 10.6 Å². The average Bonchev–Trinajstić information content (AvgIpc) is 3.15. The average molecular weight is 436 g/mol. The van der Waals surface area contributed by atoms with E-state index < -0.39 is 11.9 Å². The molecule has 3 N–H and O–H groups in total. The number of rotatable bonds is 9. The van der Waals surface area contributed by atoms with E-state index in [1.165, 1.54) is 13.3 Å². The van der Waals surface area contributed by atoms with Crippen molar-refractivity contribution in [2.75, 3.05) is 32.2 Å². The van der Waals surface area contributed by atoms with E-state index in [4.69, 9.17) is 9.47 Å². The second kappa shape index (κ2) is 11.2. The maximum Gasteiger partial charge on any atom is 0.350 e. The van der Waals surface area contributed by atoms with Gasteiger partial charge in [-0.15, -0.1) is 11.3 Å². The Morgan fingerprint density at radius 1 is 1.23 bits per heavy atom. The number of carbonyl (C=O) groups is 3. The second-order valence-electron chi connectivity index (χ2n) is 6.16. The van der Waals surface area contributed by atoms with Crippen LogP contribution < -0.4 is 16.0 Å². The highest BCUT2D eigenvalue weighted by molar-refractivity contribution is 7.17. The molecule has 0 aliphatic rings. The summed E-state index contributed by atoms with van der Waals surface area (Å²) < 4.78 is 10.1.